The number of rotatable bonds is 6. The second-order valence-corrected chi connectivity index (χ2v) is 5.02. The third kappa shape index (κ3) is 4.54. The van der Waals surface area contributed by atoms with E-state index in [0.717, 1.165) is 5.56 Å². The van der Waals surface area contributed by atoms with E-state index in [0.29, 0.717) is 5.56 Å². The van der Waals surface area contributed by atoms with Crippen molar-refractivity contribution in [2.24, 2.45) is 0 Å². The van der Waals surface area contributed by atoms with Crippen molar-refractivity contribution in [2.75, 3.05) is 6.61 Å². The maximum absolute atomic E-state index is 12.0. The van der Waals surface area contributed by atoms with Crippen molar-refractivity contribution < 1.29 is 23.5 Å². The average molecular weight is 315 g/mol. The summed E-state index contributed by atoms with van der Waals surface area (Å²) in [6, 6.07) is 9.66. The van der Waals surface area contributed by atoms with Crippen LogP contribution >= 0.6 is 0 Å². The quantitative estimate of drug-likeness (QED) is 0.654. The Morgan fingerprint density at radius 1 is 1.17 bits per heavy atom. The normalized spacial score (nSPS) is 11.6. The summed E-state index contributed by atoms with van der Waals surface area (Å²) < 4.78 is 9.78. The van der Waals surface area contributed by atoms with Crippen molar-refractivity contribution >= 4 is 17.7 Å². The zero-order valence-electron chi connectivity index (χ0n) is 12.9. The lowest BCUT2D eigenvalue weighted by molar-refractivity contribution is -0.119. The predicted octanol–water partition coefficient (Wildman–Crippen LogP) is 2.52. The summed E-state index contributed by atoms with van der Waals surface area (Å²) in [6.45, 7) is 2.94. The fraction of sp³-hybridized carbons (Fsp3) is 0.235. The molecule has 0 saturated heterocycles. The van der Waals surface area contributed by atoms with Crippen LogP contribution in [0.15, 0.2) is 47.1 Å². The molecule has 0 radical (unpaired) electrons. The molecule has 0 spiro atoms. The Morgan fingerprint density at radius 2 is 1.87 bits per heavy atom. The van der Waals surface area contributed by atoms with Gasteiger partial charge in [0.1, 0.15) is 0 Å². The summed E-state index contributed by atoms with van der Waals surface area (Å²) in [5.74, 6) is -1.07. The molecule has 6 nitrogen and oxygen atoms in total. The van der Waals surface area contributed by atoms with Crippen LogP contribution < -0.4 is 5.32 Å². The molecule has 1 heterocycles. The van der Waals surface area contributed by atoms with Gasteiger partial charge in [-0.1, -0.05) is 24.3 Å². The first-order valence-corrected chi connectivity index (χ1v) is 7.08. The molecule has 0 bridgehead atoms. The van der Waals surface area contributed by atoms with Crippen LogP contribution in [0.4, 0.5) is 0 Å². The van der Waals surface area contributed by atoms with E-state index in [4.69, 9.17) is 9.15 Å². The molecule has 0 aliphatic rings. The van der Waals surface area contributed by atoms with Crippen molar-refractivity contribution in [3.05, 3.63) is 59.5 Å². The van der Waals surface area contributed by atoms with Gasteiger partial charge in [0.05, 0.1) is 12.3 Å². The second-order valence-electron chi connectivity index (χ2n) is 5.02. The minimum atomic E-state index is -0.681. The van der Waals surface area contributed by atoms with E-state index in [1.807, 2.05) is 6.92 Å². The van der Waals surface area contributed by atoms with Crippen LogP contribution in [-0.2, 0) is 9.53 Å². The first kappa shape index (κ1) is 16.5. The highest BCUT2D eigenvalue weighted by Crippen LogP contribution is 2.14. The van der Waals surface area contributed by atoms with E-state index in [-0.39, 0.29) is 30.1 Å². The highest BCUT2D eigenvalue weighted by molar-refractivity contribution is 5.98. The van der Waals surface area contributed by atoms with Crippen LogP contribution in [0.25, 0.3) is 0 Å². The van der Waals surface area contributed by atoms with Crippen LogP contribution in [0.3, 0.4) is 0 Å². The van der Waals surface area contributed by atoms with Gasteiger partial charge in [0.25, 0.3) is 0 Å². The van der Waals surface area contributed by atoms with Crippen LogP contribution in [0.1, 0.15) is 46.4 Å². The van der Waals surface area contributed by atoms with Crippen molar-refractivity contribution in [1.29, 1.82) is 0 Å². The highest BCUT2D eigenvalue weighted by atomic mass is 16.5. The number of carbonyl (C=O) groups is 3. The van der Waals surface area contributed by atoms with Gasteiger partial charge in [-0.15, -0.1) is 0 Å². The minimum absolute atomic E-state index is 0.0530. The molecule has 120 valence electrons. The lowest BCUT2D eigenvalue weighted by Gasteiger charge is -2.13. The predicted molar refractivity (Wildman–Crippen MR) is 82.0 cm³/mol. The number of Topliss-reactive ketones (excluding diaryl/α,β-unsaturated/α-hetero) is 1. The number of furan rings is 1. The summed E-state index contributed by atoms with van der Waals surface area (Å²) in [6.07, 6.45) is 1.35. The van der Waals surface area contributed by atoms with Gasteiger partial charge in [0.15, 0.2) is 12.4 Å². The molecule has 0 aliphatic heterocycles. The number of hydrogen-bond donors (Lipinski definition) is 1. The number of esters is 1. The molecule has 23 heavy (non-hydrogen) atoms. The zero-order chi connectivity index (χ0) is 16.8. The molecule has 1 aromatic heterocycles. The number of ether oxygens (including phenoxy) is 1. The van der Waals surface area contributed by atoms with E-state index < -0.39 is 5.97 Å². The van der Waals surface area contributed by atoms with E-state index >= 15 is 0 Å². The smallest absolute Gasteiger partial charge is 0.374 e. The molecule has 0 unspecified atom stereocenters. The van der Waals surface area contributed by atoms with Crippen LogP contribution in [0.2, 0.25) is 0 Å². The lowest BCUT2D eigenvalue weighted by Crippen LogP contribution is -2.23. The molecule has 1 amide bonds. The Kier molecular flexibility index (Phi) is 5.30. The molecule has 1 atom stereocenters. The SMILES string of the molecule is CC(=O)N[C@H](C)c1ccc(C(=O)COC(=O)c2ccco2)cc1. The lowest BCUT2D eigenvalue weighted by atomic mass is 10.0. The van der Waals surface area contributed by atoms with Gasteiger partial charge in [-0.2, -0.15) is 0 Å². The van der Waals surface area contributed by atoms with Gasteiger partial charge in [-0.3, -0.25) is 9.59 Å². The first-order valence-electron chi connectivity index (χ1n) is 7.08. The Labute approximate surface area is 133 Å². The van der Waals surface area contributed by atoms with Crippen LogP contribution in [0.5, 0.6) is 0 Å². The monoisotopic (exact) mass is 315 g/mol. The maximum Gasteiger partial charge on any atom is 0.374 e. The molecule has 0 fully saturated rings. The number of hydrogen-bond acceptors (Lipinski definition) is 5. The molecule has 2 aromatic rings. The third-order valence-electron chi connectivity index (χ3n) is 3.21. The van der Waals surface area contributed by atoms with Crippen molar-refractivity contribution in [1.82, 2.24) is 5.32 Å². The molecule has 0 saturated carbocycles. The van der Waals surface area contributed by atoms with Crippen molar-refractivity contribution in [3.63, 3.8) is 0 Å². The summed E-state index contributed by atoms with van der Waals surface area (Å²) >= 11 is 0. The molecule has 2 rings (SSSR count). The molecular weight excluding hydrogens is 298 g/mol. The number of benzene rings is 1. The molecular formula is C17H17NO5. The number of ketones is 1. The number of amides is 1. The Balaban J connectivity index is 1.92. The van der Waals surface area contributed by atoms with Gasteiger partial charge < -0.3 is 14.5 Å². The summed E-state index contributed by atoms with van der Waals surface area (Å²) in [7, 11) is 0. The molecule has 1 N–H and O–H groups in total. The molecule has 0 aliphatic carbocycles. The first-order chi connectivity index (χ1) is 11.0. The van der Waals surface area contributed by atoms with Gasteiger partial charge in [0.2, 0.25) is 11.7 Å². The second kappa shape index (κ2) is 7.40. The highest BCUT2D eigenvalue weighted by Gasteiger charge is 2.14. The van der Waals surface area contributed by atoms with E-state index in [1.54, 1.807) is 30.3 Å². The molecule has 1 aromatic carbocycles. The largest absolute Gasteiger partial charge is 0.457 e. The third-order valence-corrected chi connectivity index (χ3v) is 3.21. The Hall–Kier alpha value is -2.89. The minimum Gasteiger partial charge on any atom is -0.457 e. The van der Waals surface area contributed by atoms with Crippen LogP contribution in [0, 0.1) is 0 Å². The average Bonchev–Trinajstić information content (AvgIpc) is 3.06. The Bertz CT molecular complexity index is 688. The van der Waals surface area contributed by atoms with Crippen molar-refractivity contribution in [3.8, 4) is 0 Å². The zero-order valence-corrected chi connectivity index (χ0v) is 12.9. The van der Waals surface area contributed by atoms with Gasteiger partial charge >= 0.3 is 5.97 Å². The van der Waals surface area contributed by atoms with Crippen molar-refractivity contribution in [2.45, 2.75) is 19.9 Å². The number of nitrogens with one attached hydrogen (secondary N) is 1. The van der Waals surface area contributed by atoms with E-state index in [9.17, 15) is 14.4 Å². The van der Waals surface area contributed by atoms with Crippen LogP contribution in [-0.4, -0.2) is 24.3 Å². The van der Waals surface area contributed by atoms with E-state index in [1.165, 1.54) is 19.3 Å². The standard InChI is InChI=1S/C17H17NO5/c1-11(18-12(2)19)13-5-7-14(8-6-13)15(20)10-23-17(21)16-4-3-9-22-16/h3-9,11H,10H2,1-2H3,(H,18,19)/t11-/m1/s1. The fourth-order valence-electron chi connectivity index (χ4n) is 2.03. The topological polar surface area (TPSA) is 85.6 Å². The number of carbonyl (C=O) groups excluding carboxylic acids is 3. The molecule has 6 heteroatoms. The summed E-state index contributed by atoms with van der Waals surface area (Å²) in [5, 5.41) is 2.76. The van der Waals surface area contributed by atoms with E-state index in [2.05, 4.69) is 5.32 Å². The van der Waals surface area contributed by atoms with Gasteiger partial charge in [0, 0.05) is 12.5 Å². The summed E-state index contributed by atoms with van der Waals surface area (Å²) in [4.78, 5) is 34.6. The Morgan fingerprint density at radius 3 is 2.43 bits per heavy atom. The fourth-order valence-corrected chi connectivity index (χ4v) is 2.03. The van der Waals surface area contributed by atoms with Gasteiger partial charge in [-0.25, -0.2) is 4.79 Å². The maximum atomic E-state index is 12.0. The summed E-state index contributed by atoms with van der Waals surface area (Å²) in [5.41, 5.74) is 1.31. The van der Waals surface area contributed by atoms with Gasteiger partial charge in [-0.05, 0) is 24.6 Å².